The van der Waals surface area contributed by atoms with Gasteiger partial charge in [-0.2, -0.15) is 0 Å². The number of rotatable bonds is 4. The standard InChI is InChI=1S/C15H17NO2S/c1-11(14(17)12-7-4-3-5-8-12)16(2)15(18)13-9-6-10-19-13/h3-11,14,17H,1-2H3/t11-,14+/m1/s1. The molecule has 3 nitrogen and oxygen atoms in total. The number of aliphatic hydroxyl groups excluding tert-OH is 1. The molecule has 1 heterocycles. The van der Waals surface area contributed by atoms with Gasteiger partial charge in [-0.15, -0.1) is 11.3 Å². The molecule has 1 amide bonds. The van der Waals surface area contributed by atoms with Crippen LogP contribution in [0.2, 0.25) is 0 Å². The van der Waals surface area contributed by atoms with Gasteiger partial charge in [0.1, 0.15) is 0 Å². The minimum absolute atomic E-state index is 0.0579. The molecule has 0 radical (unpaired) electrons. The van der Waals surface area contributed by atoms with E-state index in [-0.39, 0.29) is 11.9 Å². The number of thiophene rings is 1. The van der Waals surface area contributed by atoms with Gasteiger partial charge in [0.25, 0.3) is 5.91 Å². The van der Waals surface area contributed by atoms with Crippen molar-refractivity contribution in [3.63, 3.8) is 0 Å². The van der Waals surface area contributed by atoms with Gasteiger partial charge in [-0.3, -0.25) is 4.79 Å². The second-order valence-corrected chi connectivity index (χ2v) is 5.44. The summed E-state index contributed by atoms with van der Waals surface area (Å²) in [6, 6.07) is 12.8. The molecular weight excluding hydrogens is 258 g/mol. The van der Waals surface area contributed by atoms with Gasteiger partial charge in [0.2, 0.25) is 0 Å². The van der Waals surface area contributed by atoms with Gasteiger partial charge >= 0.3 is 0 Å². The van der Waals surface area contributed by atoms with E-state index in [9.17, 15) is 9.90 Å². The molecule has 0 unspecified atom stereocenters. The van der Waals surface area contributed by atoms with Crippen LogP contribution in [-0.2, 0) is 0 Å². The summed E-state index contributed by atoms with van der Waals surface area (Å²) in [4.78, 5) is 14.5. The largest absolute Gasteiger partial charge is 0.386 e. The Labute approximate surface area is 117 Å². The Morgan fingerprint density at radius 1 is 1.21 bits per heavy atom. The monoisotopic (exact) mass is 275 g/mol. The zero-order chi connectivity index (χ0) is 13.8. The van der Waals surface area contributed by atoms with Crippen LogP contribution in [0.15, 0.2) is 47.8 Å². The number of hydrogen-bond acceptors (Lipinski definition) is 3. The summed E-state index contributed by atoms with van der Waals surface area (Å²) in [7, 11) is 1.72. The first-order valence-corrected chi connectivity index (χ1v) is 7.03. The fraction of sp³-hybridized carbons (Fsp3) is 0.267. The lowest BCUT2D eigenvalue weighted by atomic mass is 10.0. The first kappa shape index (κ1) is 13.8. The van der Waals surface area contributed by atoms with Crippen LogP contribution in [-0.4, -0.2) is 29.0 Å². The summed E-state index contributed by atoms with van der Waals surface area (Å²) in [6.45, 7) is 1.85. The Hall–Kier alpha value is -1.65. The molecule has 4 heteroatoms. The SMILES string of the molecule is C[C@H]([C@H](O)c1ccccc1)N(C)C(=O)c1cccs1. The zero-order valence-electron chi connectivity index (χ0n) is 11.0. The molecule has 1 aromatic heterocycles. The molecule has 0 spiro atoms. The molecular formula is C15H17NO2S. The quantitative estimate of drug-likeness (QED) is 0.932. The lowest BCUT2D eigenvalue weighted by molar-refractivity contribution is 0.0491. The molecule has 0 aliphatic heterocycles. The van der Waals surface area contributed by atoms with Crippen LogP contribution in [0, 0.1) is 0 Å². The van der Waals surface area contributed by atoms with Crippen molar-refractivity contribution in [1.82, 2.24) is 4.90 Å². The molecule has 0 saturated heterocycles. The van der Waals surface area contributed by atoms with Gasteiger partial charge in [0.05, 0.1) is 17.0 Å². The summed E-state index contributed by atoms with van der Waals surface area (Å²) in [5.41, 5.74) is 0.820. The predicted octanol–water partition coefficient (Wildman–Crippen LogP) is 2.94. The molecule has 0 saturated carbocycles. The second-order valence-electron chi connectivity index (χ2n) is 4.49. The first-order valence-electron chi connectivity index (χ1n) is 6.15. The van der Waals surface area contributed by atoms with Gasteiger partial charge < -0.3 is 10.0 Å². The highest BCUT2D eigenvalue weighted by Crippen LogP contribution is 2.22. The maximum absolute atomic E-state index is 12.2. The number of carbonyl (C=O) groups excluding carboxylic acids is 1. The molecule has 100 valence electrons. The maximum Gasteiger partial charge on any atom is 0.263 e. The normalized spacial score (nSPS) is 13.8. The molecule has 2 rings (SSSR count). The van der Waals surface area contributed by atoms with E-state index >= 15 is 0 Å². The van der Waals surface area contributed by atoms with Crippen molar-refractivity contribution in [2.45, 2.75) is 19.1 Å². The third-order valence-corrected chi connectivity index (χ3v) is 4.12. The third-order valence-electron chi connectivity index (χ3n) is 3.26. The van der Waals surface area contributed by atoms with Crippen molar-refractivity contribution in [1.29, 1.82) is 0 Å². The van der Waals surface area contributed by atoms with E-state index in [0.29, 0.717) is 4.88 Å². The van der Waals surface area contributed by atoms with Gasteiger partial charge in [0.15, 0.2) is 0 Å². The number of amides is 1. The summed E-state index contributed by atoms with van der Waals surface area (Å²) in [6.07, 6.45) is -0.685. The molecule has 19 heavy (non-hydrogen) atoms. The van der Waals surface area contributed by atoms with Crippen molar-refractivity contribution in [2.75, 3.05) is 7.05 Å². The van der Waals surface area contributed by atoms with Crippen molar-refractivity contribution >= 4 is 17.2 Å². The van der Waals surface area contributed by atoms with Crippen molar-refractivity contribution in [3.8, 4) is 0 Å². The highest BCUT2D eigenvalue weighted by molar-refractivity contribution is 7.12. The topological polar surface area (TPSA) is 40.5 Å². The van der Waals surface area contributed by atoms with Gasteiger partial charge in [-0.05, 0) is 23.9 Å². The number of carbonyl (C=O) groups is 1. The van der Waals surface area contributed by atoms with Crippen molar-refractivity contribution in [2.24, 2.45) is 0 Å². The average molecular weight is 275 g/mol. The number of nitrogens with zero attached hydrogens (tertiary/aromatic N) is 1. The summed E-state index contributed by atoms with van der Waals surface area (Å²) >= 11 is 1.41. The Morgan fingerprint density at radius 2 is 1.89 bits per heavy atom. The third kappa shape index (κ3) is 3.03. The maximum atomic E-state index is 12.2. The number of hydrogen-bond donors (Lipinski definition) is 1. The van der Waals surface area contributed by atoms with E-state index in [1.54, 1.807) is 18.0 Å². The first-order chi connectivity index (χ1) is 9.11. The van der Waals surface area contributed by atoms with Crippen LogP contribution in [0.3, 0.4) is 0 Å². The lowest BCUT2D eigenvalue weighted by Crippen LogP contribution is -2.38. The summed E-state index contributed by atoms with van der Waals surface area (Å²) in [5, 5.41) is 12.2. The van der Waals surface area contributed by atoms with Crippen LogP contribution >= 0.6 is 11.3 Å². The van der Waals surface area contributed by atoms with E-state index < -0.39 is 6.10 Å². The second kappa shape index (κ2) is 5.99. The predicted molar refractivity (Wildman–Crippen MR) is 77.3 cm³/mol. The molecule has 0 fully saturated rings. The van der Waals surface area contributed by atoms with E-state index in [1.165, 1.54) is 11.3 Å². The molecule has 0 aliphatic rings. The molecule has 2 atom stereocenters. The van der Waals surface area contributed by atoms with Crippen LogP contribution in [0.25, 0.3) is 0 Å². The van der Waals surface area contributed by atoms with Gasteiger partial charge in [-0.1, -0.05) is 36.4 Å². The Kier molecular flexibility index (Phi) is 4.35. The summed E-state index contributed by atoms with van der Waals surface area (Å²) < 4.78 is 0. The number of benzene rings is 1. The van der Waals surface area contributed by atoms with Gasteiger partial charge in [-0.25, -0.2) is 0 Å². The lowest BCUT2D eigenvalue weighted by Gasteiger charge is -2.29. The van der Waals surface area contributed by atoms with E-state index in [0.717, 1.165) is 5.56 Å². The molecule has 2 aromatic rings. The summed E-state index contributed by atoms with van der Waals surface area (Å²) in [5.74, 6) is -0.0579. The number of aliphatic hydroxyl groups is 1. The minimum atomic E-state index is -0.685. The fourth-order valence-electron chi connectivity index (χ4n) is 1.90. The average Bonchev–Trinajstić information content (AvgIpc) is 2.99. The van der Waals surface area contributed by atoms with E-state index in [2.05, 4.69) is 0 Å². The molecule has 1 N–H and O–H groups in total. The highest BCUT2D eigenvalue weighted by Gasteiger charge is 2.25. The minimum Gasteiger partial charge on any atom is -0.386 e. The Bertz CT molecular complexity index is 524. The van der Waals surface area contributed by atoms with Crippen molar-refractivity contribution in [3.05, 3.63) is 58.3 Å². The highest BCUT2D eigenvalue weighted by atomic mass is 32.1. The molecule has 0 aliphatic carbocycles. The van der Waals surface area contributed by atoms with E-state index in [4.69, 9.17) is 0 Å². The molecule has 0 bridgehead atoms. The fourth-order valence-corrected chi connectivity index (χ4v) is 2.61. The van der Waals surface area contributed by atoms with Crippen LogP contribution in [0.5, 0.6) is 0 Å². The van der Waals surface area contributed by atoms with Crippen LogP contribution in [0.1, 0.15) is 28.3 Å². The Morgan fingerprint density at radius 3 is 2.47 bits per heavy atom. The smallest absolute Gasteiger partial charge is 0.263 e. The zero-order valence-corrected chi connectivity index (χ0v) is 11.8. The van der Waals surface area contributed by atoms with E-state index in [1.807, 2.05) is 48.7 Å². The molecule has 1 aromatic carbocycles. The number of likely N-dealkylation sites (N-methyl/N-ethyl adjacent to an activating group) is 1. The van der Waals surface area contributed by atoms with Crippen LogP contribution < -0.4 is 0 Å². The Balaban J connectivity index is 2.11. The van der Waals surface area contributed by atoms with Gasteiger partial charge in [0, 0.05) is 7.05 Å². The van der Waals surface area contributed by atoms with Crippen molar-refractivity contribution < 1.29 is 9.90 Å². The van der Waals surface area contributed by atoms with Crippen LogP contribution in [0.4, 0.5) is 0 Å².